The number of anilines is 1. The summed E-state index contributed by atoms with van der Waals surface area (Å²) in [6, 6.07) is 5.81. The van der Waals surface area contributed by atoms with E-state index in [0.717, 1.165) is 0 Å². The van der Waals surface area contributed by atoms with Crippen LogP contribution in [0.15, 0.2) is 30.3 Å². The Morgan fingerprint density at radius 3 is 2.50 bits per heavy atom. The highest BCUT2D eigenvalue weighted by Crippen LogP contribution is 2.28. The first-order chi connectivity index (χ1) is 11.3. The molecule has 1 atom stereocenters. The number of halogens is 4. The molecule has 0 aliphatic rings. The van der Waals surface area contributed by atoms with E-state index in [1.54, 1.807) is 18.2 Å². The van der Waals surface area contributed by atoms with Crippen LogP contribution in [0.5, 0.6) is 5.75 Å². The number of benzene rings is 1. The van der Waals surface area contributed by atoms with Gasteiger partial charge in [-0.1, -0.05) is 6.07 Å². The number of methoxy groups -OCH3 is 1. The molecule has 0 saturated carbocycles. The van der Waals surface area contributed by atoms with Crippen LogP contribution in [0.4, 0.5) is 23.2 Å². The van der Waals surface area contributed by atoms with Crippen LogP contribution in [0.3, 0.4) is 0 Å². The van der Waals surface area contributed by atoms with Gasteiger partial charge in [0.15, 0.2) is 0 Å². The number of nitrogens with zero attached hydrogens (tertiary/aromatic N) is 2. The summed E-state index contributed by atoms with van der Waals surface area (Å²) in [5, 5.41) is 5.94. The van der Waals surface area contributed by atoms with Crippen molar-refractivity contribution in [2.24, 2.45) is 0 Å². The summed E-state index contributed by atoms with van der Waals surface area (Å²) >= 11 is 0. The Balaban J connectivity index is 2.23. The van der Waals surface area contributed by atoms with Gasteiger partial charge in [-0.2, -0.15) is 5.10 Å². The molecule has 1 aromatic carbocycles. The van der Waals surface area contributed by atoms with E-state index in [4.69, 9.17) is 4.74 Å². The van der Waals surface area contributed by atoms with Crippen LogP contribution in [0.25, 0.3) is 0 Å². The maximum atomic E-state index is 13.0. The van der Waals surface area contributed by atoms with Crippen molar-refractivity contribution in [1.82, 2.24) is 9.78 Å². The van der Waals surface area contributed by atoms with Crippen LogP contribution in [0.2, 0.25) is 0 Å². The van der Waals surface area contributed by atoms with Crippen molar-refractivity contribution >= 4 is 11.6 Å². The van der Waals surface area contributed by atoms with Gasteiger partial charge >= 0.3 is 0 Å². The molecule has 0 aliphatic heterocycles. The lowest BCUT2D eigenvalue weighted by molar-refractivity contribution is -0.119. The Kier molecular flexibility index (Phi) is 5.42. The molecule has 1 unspecified atom stereocenters. The predicted octanol–water partition coefficient (Wildman–Crippen LogP) is 3.97. The van der Waals surface area contributed by atoms with Crippen molar-refractivity contribution in [2.45, 2.75) is 25.8 Å². The average molecular weight is 345 g/mol. The Morgan fingerprint density at radius 1 is 1.21 bits per heavy atom. The van der Waals surface area contributed by atoms with E-state index in [1.807, 2.05) is 0 Å². The molecule has 5 nitrogen and oxygen atoms in total. The minimum atomic E-state index is -3.03. The zero-order valence-corrected chi connectivity index (χ0v) is 12.8. The van der Waals surface area contributed by atoms with E-state index in [-0.39, 0.29) is 0 Å². The summed E-state index contributed by atoms with van der Waals surface area (Å²) in [7, 11) is 1.45. The lowest BCUT2D eigenvalue weighted by Crippen LogP contribution is -2.26. The van der Waals surface area contributed by atoms with Crippen molar-refractivity contribution in [1.29, 1.82) is 0 Å². The number of nitrogens with one attached hydrogen (secondary N) is 1. The van der Waals surface area contributed by atoms with Crippen LogP contribution in [0, 0.1) is 0 Å². The average Bonchev–Trinajstić information content (AvgIpc) is 3.00. The molecule has 0 saturated heterocycles. The number of rotatable bonds is 6. The lowest BCUT2D eigenvalue weighted by atomic mass is 10.2. The van der Waals surface area contributed by atoms with E-state index in [9.17, 15) is 22.4 Å². The van der Waals surface area contributed by atoms with E-state index < -0.39 is 36.2 Å². The van der Waals surface area contributed by atoms with Gasteiger partial charge in [0.05, 0.1) is 7.11 Å². The first kappa shape index (κ1) is 17.8. The summed E-state index contributed by atoms with van der Waals surface area (Å²) in [5.74, 6) is -0.179. The minimum Gasteiger partial charge on any atom is -0.497 e. The predicted molar refractivity (Wildman–Crippen MR) is 78.5 cm³/mol. The van der Waals surface area contributed by atoms with Gasteiger partial charge in [-0.15, -0.1) is 0 Å². The zero-order chi connectivity index (χ0) is 17.9. The summed E-state index contributed by atoms with van der Waals surface area (Å²) in [6.07, 6.45) is -6.03. The van der Waals surface area contributed by atoms with Crippen LogP contribution in [0.1, 0.15) is 37.2 Å². The highest BCUT2D eigenvalue weighted by atomic mass is 19.3. The first-order valence-corrected chi connectivity index (χ1v) is 6.94. The maximum Gasteiger partial charge on any atom is 0.282 e. The molecule has 130 valence electrons. The largest absolute Gasteiger partial charge is 0.497 e. The van der Waals surface area contributed by atoms with Crippen molar-refractivity contribution < 1.29 is 27.1 Å². The number of hydrogen-bond acceptors (Lipinski definition) is 3. The molecule has 1 amide bonds. The van der Waals surface area contributed by atoms with E-state index in [2.05, 4.69) is 10.4 Å². The van der Waals surface area contributed by atoms with Gasteiger partial charge in [0.2, 0.25) is 5.91 Å². The number of alkyl halides is 4. The van der Waals surface area contributed by atoms with E-state index >= 15 is 0 Å². The van der Waals surface area contributed by atoms with Gasteiger partial charge in [0.1, 0.15) is 23.2 Å². The van der Waals surface area contributed by atoms with Crippen molar-refractivity contribution in [3.63, 3.8) is 0 Å². The van der Waals surface area contributed by atoms with Gasteiger partial charge in [-0.05, 0) is 25.1 Å². The van der Waals surface area contributed by atoms with Crippen LogP contribution < -0.4 is 10.1 Å². The fourth-order valence-corrected chi connectivity index (χ4v) is 2.07. The lowest BCUT2D eigenvalue weighted by Gasteiger charge is -2.15. The van der Waals surface area contributed by atoms with Crippen LogP contribution in [-0.4, -0.2) is 22.8 Å². The quantitative estimate of drug-likeness (QED) is 0.806. The van der Waals surface area contributed by atoms with E-state index in [0.29, 0.717) is 22.2 Å². The third kappa shape index (κ3) is 3.84. The second-order valence-corrected chi connectivity index (χ2v) is 4.94. The highest BCUT2D eigenvalue weighted by molar-refractivity contribution is 5.93. The second-order valence-electron chi connectivity index (χ2n) is 4.94. The zero-order valence-electron chi connectivity index (χ0n) is 12.8. The molecule has 0 radical (unpaired) electrons. The number of carbonyl (C=O) groups excluding carboxylic acids is 1. The van der Waals surface area contributed by atoms with Gasteiger partial charge in [-0.25, -0.2) is 17.6 Å². The van der Waals surface area contributed by atoms with Crippen molar-refractivity contribution in [2.75, 3.05) is 12.4 Å². The number of aromatic nitrogens is 2. The van der Waals surface area contributed by atoms with E-state index in [1.165, 1.54) is 20.1 Å². The SMILES string of the molecule is COc1cccc(NC(=O)C(C)n2nc(C(F)F)cc2C(F)F)c1. The van der Waals surface area contributed by atoms with Crippen molar-refractivity contribution in [3.05, 3.63) is 41.7 Å². The molecule has 0 bridgehead atoms. The van der Waals surface area contributed by atoms with Gasteiger partial charge in [0, 0.05) is 11.8 Å². The molecular formula is C15H15F4N3O2. The molecule has 9 heteroatoms. The molecule has 0 spiro atoms. The third-order valence-electron chi connectivity index (χ3n) is 3.31. The molecular weight excluding hydrogens is 330 g/mol. The second kappa shape index (κ2) is 7.33. The van der Waals surface area contributed by atoms with Gasteiger partial charge in [-0.3, -0.25) is 9.48 Å². The van der Waals surface area contributed by atoms with Crippen LogP contribution >= 0.6 is 0 Å². The summed E-state index contributed by atoms with van der Waals surface area (Å²) in [5.41, 5.74) is -1.16. The molecule has 2 aromatic rings. The Hall–Kier alpha value is -2.58. The van der Waals surface area contributed by atoms with Crippen molar-refractivity contribution in [3.8, 4) is 5.75 Å². The molecule has 1 heterocycles. The Morgan fingerprint density at radius 2 is 1.92 bits per heavy atom. The summed E-state index contributed by atoms with van der Waals surface area (Å²) < 4.78 is 57.0. The summed E-state index contributed by atoms with van der Waals surface area (Å²) in [4.78, 5) is 12.2. The molecule has 2 rings (SSSR count). The maximum absolute atomic E-state index is 13.0. The number of ether oxygens (including phenoxy) is 1. The number of carbonyl (C=O) groups is 1. The summed E-state index contributed by atoms with van der Waals surface area (Å²) in [6.45, 7) is 1.30. The fraction of sp³-hybridized carbons (Fsp3) is 0.333. The third-order valence-corrected chi connectivity index (χ3v) is 3.31. The molecule has 24 heavy (non-hydrogen) atoms. The van der Waals surface area contributed by atoms with Gasteiger partial charge in [0.25, 0.3) is 12.9 Å². The molecule has 0 fully saturated rings. The first-order valence-electron chi connectivity index (χ1n) is 6.94. The fourth-order valence-electron chi connectivity index (χ4n) is 2.07. The van der Waals surface area contributed by atoms with Gasteiger partial charge < -0.3 is 10.1 Å². The molecule has 0 aliphatic carbocycles. The molecule has 1 N–H and O–H groups in total. The monoisotopic (exact) mass is 345 g/mol. The smallest absolute Gasteiger partial charge is 0.282 e. The number of amides is 1. The Bertz CT molecular complexity index is 718. The number of hydrogen-bond donors (Lipinski definition) is 1. The normalized spacial score (nSPS) is 12.5. The van der Waals surface area contributed by atoms with Crippen LogP contribution in [-0.2, 0) is 4.79 Å². The topological polar surface area (TPSA) is 56.1 Å². The standard InChI is InChI=1S/C15H15F4N3O2/c1-8(15(23)20-9-4-3-5-10(6-9)24-2)22-12(14(18)19)7-11(21-22)13(16)17/h3-8,13-14H,1-2H3,(H,20,23). The minimum absolute atomic E-state index is 0.381. The molecule has 1 aromatic heterocycles. The highest BCUT2D eigenvalue weighted by Gasteiger charge is 2.27. The Labute approximate surface area is 135 Å².